The molecule has 86 valence electrons. The van der Waals surface area contributed by atoms with Crippen molar-refractivity contribution in [2.24, 2.45) is 17.3 Å². The minimum atomic E-state index is -1.50. The van der Waals surface area contributed by atoms with Crippen molar-refractivity contribution in [3.05, 3.63) is 9.16 Å². The van der Waals surface area contributed by atoms with E-state index in [9.17, 15) is 4.79 Å². The summed E-state index contributed by atoms with van der Waals surface area (Å²) in [7, 11) is 0. The molecule has 0 unspecified atom stereocenters. The van der Waals surface area contributed by atoms with Crippen molar-refractivity contribution in [2.75, 3.05) is 0 Å². The Balaban J connectivity index is 2.03. The van der Waals surface area contributed by atoms with Gasteiger partial charge in [-0.3, -0.25) is 0 Å². The molecule has 2 saturated carbocycles. The fourth-order valence-electron chi connectivity index (χ4n) is 3.60. The average molecular weight is 409 g/mol. The van der Waals surface area contributed by atoms with Crippen LogP contribution in [0.2, 0.25) is 0 Å². The fourth-order valence-corrected chi connectivity index (χ4v) is 7.57. The van der Waals surface area contributed by atoms with Crippen molar-refractivity contribution in [1.29, 1.82) is 0 Å². The predicted octanol–water partition coefficient (Wildman–Crippen LogP) is 3.28. The van der Waals surface area contributed by atoms with Crippen LogP contribution >= 0.6 is 0 Å². The molecule has 0 radical (unpaired) electrons. The SMILES string of the molecule is CC(=O)[O][Hg]/[CH]=C1\CC[C@@H]2CC[C@H]1C2(C)C. The summed E-state index contributed by atoms with van der Waals surface area (Å²) in [6.45, 7) is 6.37. The predicted molar refractivity (Wildman–Crippen MR) is 59.1 cm³/mol. The van der Waals surface area contributed by atoms with Gasteiger partial charge in [0.2, 0.25) is 0 Å². The van der Waals surface area contributed by atoms with Crippen LogP contribution in [0, 0.1) is 17.3 Å². The maximum atomic E-state index is 10.8. The third-order valence-electron chi connectivity index (χ3n) is 4.62. The number of carbonyl (C=O) groups excluding carboxylic acids is 1. The summed E-state index contributed by atoms with van der Waals surface area (Å²) in [6.07, 6.45) is 5.38. The molecule has 2 aliphatic rings. The Morgan fingerprint density at radius 1 is 1.44 bits per heavy atom. The van der Waals surface area contributed by atoms with E-state index < -0.39 is 25.0 Å². The van der Waals surface area contributed by atoms with Crippen molar-refractivity contribution < 1.29 is 32.5 Å². The molecule has 2 aliphatic carbocycles. The molecule has 0 amide bonds. The van der Waals surface area contributed by atoms with Crippen LogP contribution in [0.25, 0.3) is 0 Å². The van der Waals surface area contributed by atoms with E-state index in [1.165, 1.54) is 32.6 Å². The molecule has 0 aromatic heterocycles. The van der Waals surface area contributed by atoms with Crippen molar-refractivity contribution in [3.63, 3.8) is 0 Å². The molecule has 2 fully saturated rings. The molecule has 2 nitrogen and oxygen atoms in total. The topological polar surface area (TPSA) is 26.3 Å². The van der Waals surface area contributed by atoms with E-state index in [1.807, 2.05) is 0 Å². The van der Waals surface area contributed by atoms with Gasteiger partial charge in [0.15, 0.2) is 0 Å². The van der Waals surface area contributed by atoms with Crippen molar-refractivity contribution in [3.8, 4) is 0 Å². The van der Waals surface area contributed by atoms with Gasteiger partial charge in [-0.2, -0.15) is 0 Å². The van der Waals surface area contributed by atoms with Gasteiger partial charge in [0.25, 0.3) is 0 Å². The molecule has 0 N–H and O–H groups in total. The molecule has 0 spiro atoms. The second-order valence-corrected chi connectivity index (χ2v) is 9.77. The minimum absolute atomic E-state index is 0.0853. The van der Waals surface area contributed by atoms with Gasteiger partial charge >= 0.3 is 111 Å². The zero-order valence-electron chi connectivity index (χ0n) is 10.6. The summed E-state index contributed by atoms with van der Waals surface area (Å²) in [5, 5.41) is 0. The summed E-state index contributed by atoms with van der Waals surface area (Å²) < 4.78 is 7.60. The van der Waals surface area contributed by atoms with Crippen LogP contribution in [0.4, 0.5) is 0 Å². The van der Waals surface area contributed by atoms with Crippen molar-refractivity contribution in [2.45, 2.75) is 46.5 Å². The van der Waals surface area contributed by atoms with Crippen LogP contribution < -0.4 is 0 Å². The summed E-state index contributed by atoms with van der Waals surface area (Å²) in [6, 6.07) is 0. The monoisotopic (exact) mass is 410 g/mol. The fraction of sp³-hybridized carbons (Fsp3) is 0.769. The molecular formula is C13H20HgO2. The van der Waals surface area contributed by atoms with E-state index in [0.717, 1.165) is 11.8 Å². The number of carbonyl (C=O) groups is 1. The second-order valence-electron chi connectivity index (χ2n) is 5.77. The first-order valence-corrected chi connectivity index (χ1v) is 11.8. The van der Waals surface area contributed by atoms with Crippen LogP contribution in [-0.4, -0.2) is 5.97 Å². The molecule has 0 aromatic rings. The third-order valence-corrected chi connectivity index (χ3v) is 9.53. The van der Waals surface area contributed by atoms with Gasteiger partial charge in [0.1, 0.15) is 0 Å². The van der Waals surface area contributed by atoms with Crippen LogP contribution in [0.3, 0.4) is 0 Å². The zero-order valence-corrected chi connectivity index (χ0v) is 16.1. The quantitative estimate of drug-likeness (QED) is 0.655. The molecule has 2 rings (SSSR count). The number of fused-ring (bicyclic) bond motifs is 2. The average Bonchev–Trinajstić information content (AvgIpc) is 2.38. The molecular weight excluding hydrogens is 389 g/mol. The molecule has 0 saturated heterocycles. The van der Waals surface area contributed by atoms with E-state index in [4.69, 9.17) is 2.64 Å². The third kappa shape index (κ3) is 2.37. The van der Waals surface area contributed by atoms with Crippen LogP contribution in [-0.2, 0) is 32.5 Å². The van der Waals surface area contributed by atoms with E-state index in [0.29, 0.717) is 5.41 Å². The van der Waals surface area contributed by atoms with Crippen LogP contribution in [0.5, 0.6) is 0 Å². The Morgan fingerprint density at radius 3 is 2.88 bits per heavy atom. The van der Waals surface area contributed by atoms with Gasteiger partial charge in [-0.1, -0.05) is 0 Å². The van der Waals surface area contributed by atoms with Crippen LogP contribution in [0.1, 0.15) is 46.5 Å². The van der Waals surface area contributed by atoms with E-state index in [2.05, 4.69) is 17.4 Å². The summed E-state index contributed by atoms with van der Waals surface area (Å²) in [4.78, 5) is 10.8. The number of hydrogen-bond donors (Lipinski definition) is 0. The molecule has 2 atom stereocenters. The molecule has 0 aromatic carbocycles. The first-order valence-electron chi connectivity index (χ1n) is 6.34. The Bertz CT molecular complexity index is 320. The zero-order chi connectivity index (χ0) is 11.8. The maximum absolute atomic E-state index is 10.8. The Kier molecular flexibility index (Phi) is 3.77. The number of rotatable bonds is 2. The van der Waals surface area contributed by atoms with Gasteiger partial charge in [0.05, 0.1) is 0 Å². The molecule has 3 heteroatoms. The normalized spacial score (nSPS) is 33.6. The Morgan fingerprint density at radius 2 is 2.19 bits per heavy atom. The van der Waals surface area contributed by atoms with Gasteiger partial charge in [-0.05, 0) is 0 Å². The molecule has 0 aliphatic heterocycles. The summed E-state index contributed by atoms with van der Waals surface area (Å²) >= 11 is -1.50. The number of allylic oxidation sites excluding steroid dienone is 1. The van der Waals surface area contributed by atoms with Crippen molar-refractivity contribution >= 4 is 5.97 Å². The van der Waals surface area contributed by atoms with Gasteiger partial charge < -0.3 is 0 Å². The first-order chi connectivity index (χ1) is 7.51. The molecule has 0 heterocycles. The summed E-state index contributed by atoms with van der Waals surface area (Å²) in [5.41, 5.74) is 2.12. The molecule has 16 heavy (non-hydrogen) atoms. The van der Waals surface area contributed by atoms with Gasteiger partial charge in [-0.25, -0.2) is 0 Å². The van der Waals surface area contributed by atoms with E-state index in [-0.39, 0.29) is 5.97 Å². The van der Waals surface area contributed by atoms with Gasteiger partial charge in [0, 0.05) is 0 Å². The van der Waals surface area contributed by atoms with Crippen molar-refractivity contribution in [1.82, 2.24) is 0 Å². The molecule has 2 bridgehead atoms. The number of hydrogen-bond acceptors (Lipinski definition) is 2. The summed E-state index contributed by atoms with van der Waals surface area (Å²) in [5.74, 6) is 1.62. The Labute approximate surface area is 111 Å². The standard InChI is InChI=1S/C11H17.C2H4O2.Hg/c1-8-4-5-9-6-7-10(8)11(9,2)3;1-2(3)4;/h1,9-10H,4-7H2,2-3H3;1H3,(H,3,4);/q;;+1/p-1/t9-,10-;;/m1../s1. The van der Waals surface area contributed by atoms with E-state index >= 15 is 0 Å². The first kappa shape index (κ1) is 12.6. The second kappa shape index (κ2) is 4.79. The van der Waals surface area contributed by atoms with Crippen LogP contribution in [0.15, 0.2) is 9.16 Å². The van der Waals surface area contributed by atoms with Gasteiger partial charge in [-0.15, -0.1) is 0 Å². The van der Waals surface area contributed by atoms with E-state index in [1.54, 1.807) is 5.57 Å². The Hall–Kier alpha value is 0.145.